The van der Waals surface area contributed by atoms with E-state index in [1.165, 1.54) is 43.8 Å². The first-order valence-corrected chi connectivity index (χ1v) is 10.0. The van der Waals surface area contributed by atoms with Crippen molar-refractivity contribution in [2.24, 2.45) is 0 Å². The molecule has 0 aliphatic heterocycles. The summed E-state index contributed by atoms with van der Waals surface area (Å²) in [7, 11) is 1.34. The smallest absolute Gasteiger partial charge is 0.315 e. The number of anilines is 1. The third kappa shape index (κ3) is 4.78. The van der Waals surface area contributed by atoms with Gasteiger partial charge in [0.05, 0.1) is 12.8 Å². The third-order valence-electron chi connectivity index (χ3n) is 5.12. The highest BCUT2D eigenvalue weighted by Gasteiger charge is 2.24. The minimum absolute atomic E-state index is 0.0735. The van der Waals surface area contributed by atoms with E-state index in [1.807, 2.05) is 0 Å². The molecule has 1 aromatic heterocycles. The molecule has 172 valence electrons. The number of fused-ring (bicyclic) bond motifs is 1. The number of aliphatic carboxylic acids is 1. The molecule has 0 bridgehead atoms. The number of aromatic nitrogens is 1. The van der Waals surface area contributed by atoms with Gasteiger partial charge in [0.25, 0.3) is 0 Å². The molecule has 1 heterocycles. The number of carbonyl (C=O) groups is 2. The highest BCUT2D eigenvalue weighted by atomic mass is 19.1. The van der Waals surface area contributed by atoms with Crippen molar-refractivity contribution < 1.29 is 32.6 Å². The lowest BCUT2D eigenvalue weighted by atomic mass is 9.91. The zero-order chi connectivity index (χ0) is 24.2. The van der Waals surface area contributed by atoms with Crippen LogP contribution in [0.3, 0.4) is 0 Å². The fourth-order valence-electron chi connectivity index (χ4n) is 3.48. The van der Waals surface area contributed by atoms with Gasteiger partial charge < -0.3 is 19.6 Å². The number of nitrogens with zero attached hydrogens (tertiary/aromatic N) is 1. The van der Waals surface area contributed by atoms with Crippen LogP contribution in [0.25, 0.3) is 17.2 Å². The summed E-state index contributed by atoms with van der Waals surface area (Å²) in [6.07, 6.45) is 3.74. The number of amides is 1. The lowest BCUT2D eigenvalue weighted by molar-refractivity contribution is -0.137. The molecule has 0 aliphatic rings. The molecule has 0 fully saturated rings. The van der Waals surface area contributed by atoms with Crippen LogP contribution in [0.15, 0.2) is 71.5 Å². The lowest BCUT2D eigenvalue weighted by Gasteiger charge is -2.14. The number of carboxylic acid groups (broad SMARTS) is 1. The van der Waals surface area contributed by atoms with E-state index in [0.29, 0.717) is 22.2 Å². The number of benzene rings is 3. The maximum atomic E-state index is 14.7. The summed E-state index contributed by atoms with van der Waals surface area (Å²) in [5, 5.41) is 12.1. The van der Waals surface area contributed by atoms with Crippen molar-refractivity contribution in [3.8, 4) is 5.75 Å². The number of hydrogen-bond acceptors (Lipinski definition) is 5. The molecule has 1 atom stereocenters. The number of carboxylic acids is 1. The minimum Gasteiger partial charge on any atom is -0.494 e. The molecule has 0 aliphatic carbocycles. The topological polar surface area (TPSA) is 102 Å². The van der Waals surface area contributed by atoms with Gasteiger partial charge in [-0.05, 0) is 59.2 Å². The van der Waals surface area contributed by atoms with Crippen LogP contribution in [0.1, 0.15) is 22.6 Å². The second kappa shape index (κ2) is 9.53. The van der Waals surface area contributed by atoms with Gasteiger partial charge in [-0.3, -0.25) is 9.59 Å². The Bertz CT molecular complexity index is 1410. The van der Waals surface area contributed by atoms with Gasteiger partial charge in [0.15, 0.2) is 23.5 Å². The molecule has 2 N–H and O–H groups in total. The minimum atomic E-state index is -1.17. The number of nitrogens with one attached hydrogen (secondary N) is 1. The van der Waals surface area contributed by atoms with Gasteiger partial charge in [0.1, 0.15) is 17.3 Å². The first-order chi connectivity index (χ1) is 16.4. The molecular weight excluding hydrogens is 446 g/mol. The van der Waals surface area contributed by atoms with Gasteiger partial charge in [0.2, 0.25) is 5.91 Å². The van der Waals surface area contributed by atoms with E-state index in [2.05, 4.69) is 10.3 Å². The van der Waals surface area contributed by atoms with Gasteiger partial charge in [0, 0.05) is 6.08 Å². The van der Waals surface area contributed by atoms with Crippen molar-refractivity contribution in [1.82, 2.24) is 4.98 Å². The fourth-order valence-corrected chi connectivity index (χ4v) is 3.48. The van der Waals surface area contributed by atoms with E-state index in [1.54, 1.807) is 24.3 Å². The van der Waals surface area contributed by atoms with Crippen LogP contribution >= 0.6 is 0 Å². The number of hydrogen-bond donors (Lipinski definition) is 2. The number of oxazole rings is 1. The average Bonchev–Trinajstić information content (AvgIpc) is 3.27. The molecule has 0 saturated carbocycles. The normalized spacial score (nSPS) is 12.1. The Hall–Kier alpha value is -4.53. The van der Waals surface area contributed by atoms with Crippen molar-refractivity contribution in [2.75, 3.05) is 12.4 Å². The van der Waals surface area contributed by atoms with Crippen LogP contribution in [-0.4, -0.2) is 29.1 Å². The van der Waals surface area contributed by atoms with Gasteiger partial charge >= 0.3 is 5.97 Å². The van der Waals surface area contributed by atoms with Gasteiger partial charge in [-0.1, -0.05) is 18.2 Å². The van der Waals surface area contributed by atoms with E-state index >= 15 is 0 Å². The Balaban J connectivity index is 1.52. The summed E-state index contributed by atoms with van der Waals surface area (Å²) in [6, 6.07) is 12.7. The van der Waals surface area contributed by atoms with Gasteiger partial charge in [-0.2, -0.15) is 0 Å². The Morgan fingerprint density at radius 1 is 1.06 bits per heavy atom. The number of methoxy groups -OCH3 is 1. The molecule has 1 unspecified atom stereocenters. The molecule has 9 heteroatoms. The van der Waals surface area contributed by atoms with Crippen molar-refractivity contribution in [3.63, 3.8) is 0 Å². The van der Waals surface area contributed by atoms with Crippen molar-refractivity contribution in [2.45, 2.75) is 5.92 Å². The molecule has 34 heavy (non-hydrogen) atoms. The average molecular weight is 464 g/mol. The number of ether oxygens (including phenoxy) is 1. The van der Waals surface area contributed by atoms with Crippen molar-refractivity contribution >= 4 is 34.7 Å². The van der Waals surface area contributed by atoms with Crippen LogP contribution in [0, 0.1) is 11.6 Å². The SMILES string of the molecule is COc1ccc(C=CC(=O)Nc2ccc(C(C(=O)O)c3ccc4ocnc4c3)cc2F)cc1F. The maximum absolute atomic E-state index is 14.7. The number of halogens is 2. The van der Waals surface area contributed by atoms with Crippen LogP contribution in [0.5, 0.6) is 5.75 Å². The summed E-state index contributed by atoms with van der Waals surface area (Å²) in [5.74, 6) is -4.27. The quantitative estimate of drug-likeness (QED) is 0.374. The zero-order valence-electron chi connectivity index (χ0n) is 17.8. The Morgan fingerprint density at radius 2 is 1.82 bits per heavy atom. The summed E-state index contributed by atoms with van der Waals surface area (Å²) in [6.45, 7) is 0. The van der Waals surface area contributed by atoms with Crippen LogP contribution in [0.4, 0.5) is 14.5 Å². The standard InChI is InChI=1S/C25H18F2N2O5/c1-33-21-7-2-14(10-18(21)27)3-9-23(30)29-19-6-4-15(11-17(19)26)24(25(31)32)16-5-8-22-20(12-16)28-13-34-22/h2-13,24H,1H3,(H,29,30)(H,31,32). The Morgan fingerprint density at radius 3 is 2.53 bits per heavy atom. The summed E-state index contributed by atoms with van der Waals surface area (Å²) < 4.78 is 38.5. The second-order valence-corrected chi connectivity index (χ2v) is 7.31. The van der Waals surface area contributed by atoms with E-state index < -0.39 is 29.4 Å². The summed E-state index contributed by atoms with van der Waals surface area (Å²) >= 11 is 0. The van der Waals surface area contributed by atoms with E-state index in [0.717, 1.165) is 12.1 Å². The van der Waals surface area contributed by atoms with Crippen LogP contribution < -0.4 is 10.1 Å². The van der Waals surface area contributed by atoms with Crippen LogP contribution in [0.2, 0.25) is 0 Å². The predicted molar refractivity (Wildman–Crippen MR) is 121 cm³/mol. The predicted octanol–water partition coefficient (Wildman–Crippen LogP) is 4.98. The first kappa shape index (κ1) is 22.7. The fraction of sp³-hybridized carbons (Fsp3) is 0.0800. The van der Waals surface area contributed by atoms with Crippen LogP contribution in [-0.2, 0) is 9.59 Å². The Kier molecular flexibility index (Phi) is 6.35. The van der Waals surface area contributed by atoms with E-state index in [4.69, 9.17) is 9.15 Å². The number of carbonyl (C=O) groups excluding carboxylic acids is 1. The molecule has 4 rings (SSSR count). The highest BCUT2D eigenvalue weighted by Crippen LogP contribution is 2.30. The van der Waals surface area contributed by atoms with Gasteiger partial charge in [-0.15, -0.1) is 0 Å². The molecule has 7 nitrogen and oxygen atoms in total. The summed E-state index contributed by atoms with van der Waals surface area (Å²) in [4.78, 5) is 28.2. The molecule has 0 saturated heterocycles. The first-order valence-electron chi connectivity index (χ1n) is 10.0. The largest absolute Gasteiger partial charge is 0.494 e. The van der Waals surface area contributed by atoms with E-state index in [9.17, 15) is 23.5 Å². The monoisotopic (exact) mass is 464 g/mol. The molecule has 1 amide bonds. The molecular formula is C25H18F2N2O5. The Labute approximate surface area is 192 Å². The van der Waals surface area contributed by atoms with Gasteiger partial charge in [-0.25, -0.2) is 13.8 Å². The van der Waals surface area contributed by atoms with Crippen molar-refractivity contribution in [1.29, 1.82) is 0 Å². The summed E-state index contributed by atoms with van der Waals surface area (Å²) in [5.41, 5.74) is 1.86. The molecule has 3 aromatic carbocycles. The second-order valence-electron chi connectivity index (χ2n) is 7.31. The zero-order valence-corrected chi connectivity index (χ0v) is 17.8. The third-order valence-corrected chi connectivity index (χ3v) is 5.12. The molecule has 0 spiro atoms. The molecule has 4 aromatic rings. The van der Waals surface area contributed by atoms with E-state index in [-0.39, 0.29) is 17.0 Å². The molecule has 0 radical (unpaired) electrons. The lowest BCUT2D eigenvalue weighted by Crippen LogP contribution is -2.14. The van der Waals surface area contributed by atoms with Crippen molar-refractivity contribution in [3.05, 3.63) is 95.4 Å². The highest BCUT2D eigenvalue weighted by molar-refractivity contribution is 6.02. The number of rotatable bonds is 7. The maximum Gasteiger partial charge on any atom is 0.315 e.